The maximum Gasteiger partial charge on any atom is 0.472 e. The molecule has 0 aromatic heterocycles. The molecule has 0 aliphatic carbocycles. The van der Waals surface area contributed by atoms with Gasteiger partial charge in [-0.05, 0) is 77.0 Å². The summed E-state index contributed by atoms with van der Waals surface area (Å²) in [6, 6.07) is 0. The van der Waals surface area contributed by atoms with Crippen molar-refractivity contribution < 1.29 is 37.6 Å². The fourth-order valence-electron chi connectivity index (χ4n) is 5.01. The van der Waals surface area contributed by atoms with Gasteiger partial charge in [0.15, 0.2) is 6.10 Å². The summed E-state index contributed by atoms with van der Waals surface area (Å²) >= 11 is 0. The smallest absolute Gasteiger partial charge is 0.462 e. The Morgan fingerprint density at radius 1 is 0.574 bits per heavy atom. The quantitative estimate of drug-likeness (QED) is 0.0274. The van der Waals surface area contributed by atoms with Crippen LogP contribution in [0.3, 0.4) is 0 Å². The van der Waals surface area contributed by atoms with Crippen molar-refractivity contribution in [1.82, 2.24) is 0 Å². The van der Waals surface area contributed by atoms with Crippen LogP contribution in [0.2, 0.25) is 0 Å². The average molecular weight is 776 g/mol. The third-order valence-electron chi connectivity index (χ3n) is 8.03. The molecule has 0 spiro atoms. The lowest BCUT2D eigenvalue weighted by Crippen LogP contribution is -2.29. The molecule has 0 aromatic rings. The molecule has 0 radical (unpaired) electrons. The van der Waals surface area contributed by atoms with Gasteiger partial charge >= 0.3 is 19.8 Å². The number of ether oxygens (including phenoxy) is 2. The standard InChI is InChI=1S/C44H74NO8P/c1-3-5-7-9-11-13-15-17-19-20-21-22-23-25-27-29-31-33-35-37-44(47)53-42(41-52-54(48,49)51-39-38-45)40-50-43(46)36-34-32-30-28-26-24-18-16-14-12-10-8-6-4-2/h5,7,11,13,16-19,21-22,25,27,31,33,42H,3-4,6,8-10,12,14-15,20,23-24,26,28-30,32,34-41,45H2,1-2H3,(H,48,49)/b7-5-,13-11-,18-16-,19-17-,22-21-,27-25-,33-31-. The third kappa shape index (κ3) is 38.9. The summed E-state index contributed by atoms with van der Waals surface area (Å²) in [4.78, 5) is 34.8. The molecule has 0 rings (SSSR count). The lowest BCUT2D eigenvalue weighted by atomic mass is 10.1. The van der Waals surface area contributed by atoms with E-state index in [4.69, 9.17) is 24.3 Å². The van der Waals surface area contributed by atoms with Gasteiger partial charge in [-0.2, -0.15) is 0 Å². The maximum absolute atomic E-state index is 12.5. The van der Waals surface area contributed by atoms with Crippen LogP contribution in [0.5, 0.6) is 0 Å². The first-order chi connectivity index (χ1) is 26.3. The van der Waals surface area contributed by atoms with E-state index in [0.717, 1.165) is 70.6 Å². The molecule has 0 amide bonds. The minimum atomic E-state index is -4.40. The van der Waals surface area contributed by atoms with Gasteiger partial charge in [-0.15, -0.1) is 0 Å². The molecule has 0 saturated carbocycles. The van der Waals surface area contributed by atoms with Crippen molar-refractivity contribution in [3.63, 3.8) is 0 Å². The molecular formula is C44H74NO8P. The Bertz CT molecular complexity index is 1160. The van der Waals surface area contributed by atoms with Crippen molar-refractivity contribution in [2.75, 3.05) is 26.4 Å². The van der Waals surface area contributed by atoms with Crippen molar-refractivity contribution in [3.8, 4) is 0 Å². The summed E-state index contributed by atoms with van der Waals surface area (Å²) < 4.78 is 32.6. The summed E-state index contributed by atoms with van der Waals surface area (Å²) in [6.45, 7) is 3.48. The molecule has 308 valence electrons. The molecule has 3 N–H and O–H groups in total. The second kappa shape index (κ2) is 39.9. The number of rotatable bonds is 37. The average Bonchev–Trinajstić information content (AvgIpc) is 3.16. The topological polar surface area (TPSA) is 134 Å². The Balaban J connectivity index is 4.35. The number of carbonyl (C=O) groups excluding carboxylic acids is 2. The molecule has 0 aliphatic heterocycles. The van der Waals surface area contributed by atoms with E-state index in [1.807, 2.05) is 12.2 Å². The van der Waals surface area contributed by atoms with Crippen LogP contribution in [-0.2, 0) is 32.7 Å². The van der Waals surface area contributed by atoms with Crippen LogP contribution in [0.1, 0.15) is 149 Å². The normalized spacial score (nSPS) is 14.2. The molecule has 2 atom stereocenters. The number of nitrogens with two attached hydrogens (primary N) is 1. The van der Waals surface area contributed by atoms with Crippen LogP contribution in [0.25, 0.3) is 0 Å². The SMILES string of the molecule is CC/C=C\C/C=C\C/C=C\C/C=C\C/C=C\C/C=C\CCC(=O)OC(COC(=O)CCCCCCC/C=C\CCCCCCC)COP(=O)(O)OCCN. The lowest BCUT2D eigenvalue weighted by molar-refractivity contribution is -0.161. The van der Waals surface area contributed by atoms with Gasteiger partial charge in [-0.3, -0.25) is 18.6 Å². The largest absolute Gasteiger partial charge is 0.472 e. The van der Waals surface area contributed by atoms with Crippen LogP contribution in [-0.4, -0.2) is 49.3 Å². The minimum absolute atomic E-state index is 0.0365. The second-order valence-electron chi connectivity index (χ2n) is 13.1. The fourth-order valence-corrected chi connectivity index (χ4v) is 5.77. The molecule has 2 unspecified atom stereocenters. The monoisotopic (exact) mass is 776 g/mol. The Morgan fingerprint density at radius 2 is 1.06 bits per heavy atom. The molecule has 54 heavy (non-hydrogen) atoms. The van der Waals surface area contributed by atoms with E-state index in [9.17, 15) is 19.0 Å². The first-order valence-corrected chi connectivity index (χ1v) is 22.1. The first-order valence-electron chi connectivity index (χ1n) is 20.6. The van der Waals surface area contributed by atoms with E-state index < -0.39 is 32.5 Å². The van der Waals surface area contributed by atoms with Crippen LogP contribution >= 0.6 is 7.82 Å². The van der Waals surface area contributed by atoms with Crippen molar-refractivity contribution in [2.24, 2.45) is 5.73 Å². The van der Waals surface area contributed by atoms with E-state index in [2.05, 4.69) is 86.8 Å². The van der Waals surface area contributed by atoms with Crippen LogP contribution in [0.4, 0.5) is 0 Å². The Labute approximate surface area is 328 Å². The Hall–Kier alpha value is -2.81. The van der Waals surface area contributed by atoms with Gasteiger partial charge in [-0.25, -0.2) is 4.57 Å². The first kappa shape index (κ1) is 51.2. The summed E-state index contributed by atoms with van der Waals surface area (Å²) in [5.74, 6) is -0.945. The number of esters is 2. The van der Waals surface area contributed by atoms with Crippen LogP contribution in [0.15, 0.2) is 85.1 Å². The van der Waals surface area contributed by atoms with Crippen molar-refractivity contribution in [3.05, 3.63) is 85.1 Å². The predicted molar refractivity (Wildman–Crippen MR) is 224 cm³/mol. The molecular weight excluding hydrogens is 701 g/mol. The van der Waals surface area contributed by atoms with Gasteiger partial charge in [0.25, 0.3) is 0 Å². The predicted octanol–water partition coefficient (Wildman–Crippen LogP) is 11.7. The van der Waals surface area contributed by atoms with E-state index in [1.165, 1.54) is 38.5 Å². The van der Waals surface area contributed by atoms with Crippen molar-refractivity contribution in [1.29, 1.82) is 0 Å². The van der Waals surface area contributed by atoms with E-state index in [-0.39, 0.29) is 32.6 Å². The molecule has 10 heteroatoms. The van der Waals surface area contributed by atoms with Gasteiger partial charge in [0.1, 0.15) is 6.61 Å². The van der Waals surface area contributed by atoms with Crippen LogP contribution < -0.4 is 5.73 Å². The van der Waals surface area contributed by atoms with E-state index in [0.29, 0.717) is 12.8 Å². The number of hydrogen-bond acceptors (Lipinski definition) is 8. The highest BCUT2D eigenvalue weighted by atomic mass is 31.2. The Morgan fingerprint density at radius 3 is 1.59 bits per heavy atom. The van der Waals surface area contributed by atoms with Gasteiger partial charge in [0.05, 0.1) is 13.2 Å². The van der Waals surface area contributed by atoms with Crippen LogP contribution in [0, 0.1) is 0 Å². The van der Waals surface area contributed by atoms with Gasteiger partial charge in [0.2, 0.25) is 0 Å². The number of hydrogen-bond donors (Lipinski definition) is 2. The zero-order valence-corrected chi connectivity index (χ0v) is 34.6. The Kier molecular flexibility index (Phi) is 37.8. The summed E-state index contributed by atoms with van der Waals surface area (Å²) in [5.41, 5.74) is 5.33. The van der Waals surface area contributed by atoms with Gasteiger partial charge < -0.3 is 20.1 Å². The lowest BCUT2D eigenvalue weighted by Gasteiger charge is -2.19. The highest BCUT2D eigenvalue weighted by Crippen LogP contribution is 2.43. The van der Waals surface area contributed by atoms with Gasteiger partial charge in [0, 0.05) is 19.4 Å². The molecule has 0 bridgehead atoms. The minimum Gasteiger partial charge on any atom is -0.462 e. The number of carbonyl (C=O) groups is 2. The number of phosphoric ester groups is 1. The van der Waals surface area contributed by atoms with Crippen molar-refractivity contribution in [2.45, 2.75) is 155 Å². The molecule has 0 aromatic carbocycles. The zero-order chi connectivity index (χ0) is 39.6. The molecule has 0 heterocycles. The number of unbranched alkanes of at least 4 members (excludes halogenated alkanes) is 10. The van der Waals surface area contributed by atoms with E-state index >= 15 is 0 Å². The summed E-state index contributed by atoms with van der Waals surface area (Å²) in [7, 11) is -4.40. The third-order valence-corrected chi connectivity index (χ3v) is 9.01. The molecule has 0 aliphatic rings. The highest BCUT2D eigenvalue weighted by molar-refractivity contribution is 7.47. The highest BCUT2D eigenvalue weighted by Gasteiger charge is 2.25. The fraction of sp³-hybridized carbons (Fsp3) is 0.636. The molecule has 0 fully saturated rings. The zero-order valence-electron chi connectivity index (χ0n) is 33.7. The summed E-state index contributed by atoms with van der Waals surface area (Å²) in [6.07, 6.45) is 49.1. The molecule has 0 saturated heterocycles. The summed E-state index contributed by atoms with van der Waals surface area (Å²) in [5, 5.41) is 0. The number of phosphoric acid groups is 1. The molecule has 9 nitrogen and oxygen atoms in total. The number of allylic oxidation sites excluding steroid dienone is 14. The van der Waals surface area contributed by atoms with Gasteiger partial charge in [-0.1, -0.05) is 144 Å². The maximum atomic E-state index is 12.5. The van der Waals surface area contributed by atoms with Crippen molar-refractivity contribution >= 4 is 19.8 Å². The second-order valence-corrected chi connectivity index (χ2v) is 14.6. The van der Waals surface area contributed by atoms with E-state index in [1.54, 1.807) is 0 Å².